The Kier molecular flexibility index (Phi) is 4.37. The van der Waals surface area contributed by atoms with Crippen molar-refractivity contribution in [2.24, 2.45) is 0 Å². The van der Waals surface area contributed by atoms with Crippen molar-refractivity contribution in [3.63, 3.8) is 0 Å². The summed E-state index contributed by atoms with van der Waals surface area (Å²) in [5.74, 6) is 0. The number of hydrogen-bond donors (Lipinski definition) is 1. The van der Waals surface area contributed by atoms with Crippen molar-refractivity contribution in [1.82, 2.24) is 10.2 Å². The van der Waals surface area contributed by atoms with Crippen LogP contribution < -0.4 is 5.32 Å². The Labute approximate surface area is 108 Å². The molecule has 1 aliphatic rings. The maximum Gasteiger partial charge on any atom is 0.0413 e. The molecule has 0 aliphatic heterocycles. The van der Waals surface area contributed by atoms with Gasteiger partial charge < -0.3 is 5.32 Å². The largest absolute Gasteiger partial charge is 0.310 e. The number of nitrogens with zero attached hydrogens (tertiary/aromatic N) is 1. The summed E-state index contributed by atoms with van der Waals surface area (Å²) in [7, 11) is 2.17. The van der Waals surface area contributed by atoms with Crippen molar-refractivity contribution in [2.45, 2.75) is 31.8 Å². The lowest BCUT2D eigenvalue weighted by molar-refractivity contribution is 0.285. The Hall–Kier alpha value is -0.640. The lowest BCUT2D eigenvalue weighted by atomic mass is 10.2. The van der Waals surface area contributed by atoms with Crippen LogP contribution in [0.25, 0.3) is 0 Å². The standard InChI is InChI=1S/C14H22N2S/c1-11(9-15-13-6-7-13)10-16(3)12(2)14-5-4-8-17-14/h4-5,8,12-13,15H,1,6-7,9-10H2,2-3H3. The number of hydrogen-bond acceptors (Lipinski definition) is 3. The Morgan fingerprint density at radius 2 is 2.41 bits per heavy atom. The van der Waals surface area contributed by atoms with E-state index in [1.165, 1.54) is 23.3 Å². The van der Waals surface area contributed by atoms with E-state index in [1.54, 1.807) is 0 Å². The van der Waals surface area contributed by atoms with Crippen LogP contribution >= 0.6 is 11.3 Å². The van der Waals surface area contributed by atoms with Gasteiger partial charge in [-0.25, -0.2) is 0 Å². The lowest BCUT2D eigenvalue weighted by Crippen LogP contribution is -2.28. The third-order valence-electron chi connectivity index (χ3n) is 3.31. The highest BCUT2D eigenvalue weighted by molar-refractivity contribution is 7.10. The molecule has 0 radical (unpaired) electrons. The average Bonchev–Trinajstić information content (AvgIpc) is 2.98. The first-order valence-corrected chi connectivity index (χ1v) is 7.18. The second-order valence-electron chi connectivity index (χ2n) is 5.01. The van der Waals surface area contributed by atoms with Crippen LogP contribution in [0.1, 0.15) is 30.7 Å². The first kappa shape index (κ1) is 12.8. The summed E-state index contributed by atoms with van der Waals surface area (Å²) in [5, 5.41) is 5.65. The van der Waals surface area contributed by atoms with Crippen LogP contribution in [-0.2, 0) is 0 Å². The highest BCUT2D eigenvalue weighted by atomic mass is 32.1. The summed E-state index contributed by atoms with van der Waals surface area (Å²) >= 11 is 1.83. The summed E-state index contributed by atoms with van der Waals surface area (Å²) in [4.78, 5) is 3.79. The van der Waals surface area contributed by atoms with Gasteiger partial charge in [0.25, 0.3) is 0 Å². The molecule has 17 heavy (non-hydrogen) atoms. The van der Waals surface area contributed by atoms with E-state index in [0.29, 0.717) is 6.04 Å². The topological polar surface area (TPSA) is 15.3 Å². The van der Waals surface area contributed by atoms with Gasteiger partial charge in [0.2, 0.25) is 0 Å². The summed E-state index contributed by atoms with van der Waals surface area (Å²) in [6.07, 6.45) is 2.68. The Balaban J connectivity index is 1.75. The molecule has 1 N–H and O–H groups in total. The molecule has 1 aliphatic carbocycles. The second-order valence-corrected chi connectivity index (χ2v) is 5.99. The van der Waals surface area contributed by atoms with Gasteiger partial charge in [-0.3, -0.25) is 4.90 Å². The van der Waals surface area contributed by atoms with E-state index < -0.39 is 0 Å². The van der Waals surface area contributed by atoms with E-state index in [0.717, 1.165) is 19.1 Å². The van der Waals surface area contributed by atoms with E-state index in [4.69, 9.17) is 0 Å². The predicted octanol–water partition coefficient (Wildman–Crippen LogP) is 3.05. The van der Waals surface area contributed by atoms with Crippen molar-refractivity contribution in [2.75, 3.05) is 20.1 Å². The summed E-state index contributed by atoms with van der Waals surface area (Å²) < 4.78 is 0. The molecule has 1 heterocycles. The first-order chi connectivity index (χ1) is 8.16. The molecule has 0 aromatic carbocycles. The Bertz CT molecular complexity index is 354. The van der Waals surface area contributed by atoms with Gasteiger partial charge in [0.05, 0.1) is 0 Å². The number of nitrogens with one attached hydrogen (secondary N) is 1. The summed E-state index contributed by atoms with van der Waals surface area (Å²) in [6.45, 7) is 8.35. The third-order valence-corrected chi connectivity index (χ3v) is 4.35. The van der Waals surface area contributed by atoms with E-state index in [9.17, 15) is 0 Å². The van der Waals surface area contributed by atoms with Crippen LogP contribution in [0.4, 0.5) is 0 Å². The van der Waals surface area contributed by atoms with Gasteiger partial charge in [-0.1, -0.05) is 12.6 Å². The van der Waals surface area contributed by atoms with Gasteiger partial charge in [0.1, 0.15) is 0 Å². The molecule has 1 unspecified atom stereocenters. The molecule has 1 saturated carbocycles. The second kappa shape index (κ2) is 5.80. The molecule has 0 saturated heterocycles. The number of rotatable bonds is 7. The zero-order chi connectivity index (χ0) is 12.3. The zero-order valence-corrected chi connectivity index (χ0v) is 11.6. The van der Waals surface area contributed by atoms with Gasteiger partial charge in [0.15, 0.2) is 0 Å². The monoisotopic (exact) mass is 250 g/mol. The van der Waals surface area contributed by atoms with Crippen molar-refractivity contribution in [1.29, 1.82) is 0 Å². The Morgan fingerprint density at radius 1 is 1.65 bits per heavy atom. The fourth-order valence-corrected chi connectivity index (χ4v) is 2.72. The lowest BCUT2D eigenvalue weighted by Gasteiger charge is -2.24. The summed E-state index contributed by atoms with van der Waals surface area (Å²) in [5.41, 5.74) is 1.28. The van der Waals surface area contributed by atoms with Crippen LogP contribution in [0.2, 0.25) is 0 Å². The molecule has 2 rings (SSSR count). The van der Waals surface area contributed by atoms with E-state index >= 15 is 0 Å². The predicted molar refractivity (Wildman–Crippen MR) is 75.5 cm³/mol. The minimum Gasteiger partial charge on any atom is -0.310 e. The average molecular weight is 250 g/mol. The van der Waals surface area contributed by atoms with Crippen molar-refractivity contribution < 1.29 is 0 Å². The third kappa shape index (κ3) is 3.95. The molecular formula is C14H22N2S. The summed E-state index contributed by atoms with van der Waals surface area (Å²) in [6, 6.07) is 5.57. The van der Waals surface area contributed by atoms with Gasteiger partial charge in [-0.15, -0.1) is 11.3 Å². The maximum atomic E-state index is 4.16. The molecule has 0 bridgehead atoms. The number of likely N-dealkylation sites (N-methyl/N-ethyl adjacent to an activating group) is 1. The van der Waals surface area contributed by atoms with Crippen LogP contribution in [0.3, 0.4) is 0 Å². The molecule has 3 heteroatoms. The van der Waals surface area contributed by atoms with Crippen LogP contribution in [0.15, 0.2) is 29.7 Å². The van der Waals surface area contributed by atoms with Crippen molar-refractivity contribution >= 4 is 11.3 Å². The molecule has 1 atom stereocenters. The first-order valence-electron chi connectivity index (χ1n) is 6.30. The van der Waals surface area contributed by atoms with Gasteiger partial charge >= 0.3 is 0 Å². The minimum atomic E-state index is 0.479. The number of thiophene rings is 1. The quantitative estimate of drug-likeness (QED) is 0.748. The molecule has 0 spiro atoms. The van der Waals surface area contributed by atoms with Crippen LogP contribution in [0.5, 0.6) is 0 Å². The zero-order valence-electron chi connectivity index (χ0n) is 10.8. The molecule has 1 aromatic heterocycles. The molecular weight excluding hydrogens is 228 g/mol. The fraction of sp³-hybridized carbons (Fsp3) is 0.571. The van der Waals surface area contributed by atoms with E-state index in [1.807, 2.05) is 11.3 Å². The normalized spacial score (nSPS) is 17.4. The molecule has 1 fully saturated rings. The molecule has 0 amide bonds. The molecule has 94 valence electrons. The molecule has 2 nitrogen and oxygen atoms in total. The Morgan fingerprint density at radius 3 is 3.00 bits per heavy atom. The smallest absolute Gasteiger partial charge is 0.0413 e. The van der Waals surface area contributed by atoms with Crippen molar-refractivity contribution in [3.8, 4) is 0 Å². The SMILES string of the molecule is C=C(CNC1CC1)CN(C)C(C)c1cccs1. The fourth-order valence-electron chi connectivity index (χ4n) is 1.87. The highest BCUT2D eigenvalue weighted by Crippen LogP contribution is 2.24. The minimum absolute atomic E-state index is 0.479. The van der Waals surface area contributed by atoms with E-state index in [-0.39, 0.29) is 0 Å². The maximum absolute atomic E-state index is 4.16. The molecule has 1 aromatic rings. The van der Waals surface area contributed by atoms with Gasteiger partial charge in [0, 0.05) is 30.1 Å². The van der Waals surface area contributed by atoms with Crippen LogP contribution in [-0.4, -0.2) is 31.1 Å². The van der Waals surface area contributed by atoms with Crippen molar-refractivity contribution in [3.05, 3.63) is 34.5 Å². The van der Waals surface area contributed by atoms with Crippen LogP contribution in [0, 0.1) is 0 Å². The highest BCUT2D eigenvalue weighted by Gasteiger charge is 2.20. The van der Waals surface area contributed by atoms with Gasteiger partial charge in [-0.2, -0.15) is 0 Å². The van der Waals surface area contributed by atoms with E-state index in [2.05, 4.69) is 48.3 Å². The van der Waals surface area contributed by atoms with Gasteiger partial charge in [-0.05, 0) is 43.8 Å².